The van der Waals surface area contributed by atoms with Crippen molar-refractivity contribution in [3.05, 3.63) is 54.1 Å². The Hall–Kier alpha value is -2.29. The minimum atomic E-state index is -0.505. The van der Waals surface area contributed by atoms with Gasteiger partial charge in [-0.15, -0.1) is 0 Å². The van der Waals surface area contributed by atoms with Crippen molar-refractivity contribution >= 4 is 5.97 Å². The highest BCUT2D eigenvalue weighted by Crippen LogP contribution is 2.30. The zero-order chi connectivity index (χ0) is 13.0. The molecule has 92 valence electrons. The van der Waals surface area contributed by atoms with Crippen LogP contribution in [0.15, 0.2) is 48.5 Å². The number of benzene rings is 2. The molecule has 2 aromatic rings. The summed E-state index contributed by atoms with van der Waals surface area (Å²) in [7, 11) is 0. The van der Waals surface area contributed by atoms with Crippen molar-refractivity contribution in [1.82, 2.24) is 0 Å². The highest BCUT2D eigenvalue weighted by Gasteiger charge is 2.17. The molecule has 0 aliphatic rings. The Kier molecular flexibility index (Phi) is 3.63. The summed E-state index contributed by atoms with van der Waals surface area (Å²) in [5.74, 6) is -0.566. The van der Waals surface area contributed by atoms with Gasteiger partial charge in [0.05, 0.1) is 6.61 Å². The first kappa shape index (κ1) is 12.2. The number of ether oxygens (including phenoxy) is 1. The molecule has 0 fully saturated rings. The molecule has 0 saturated carbocycles. The maximum atomic E-state index is 11.9. The van der Waals surface area contributed by atoms with E-state index in [4.69, 9.17) is 4.74 Å². The Morgan fingerprint density at radius 2 is 1.83 bits per heavy atom. The summed E-state index contributed by atoms with van der Waals surface area (Å²) in [5, 5.41) is 9.85. The molecule has 0 heterocycles. The molecule has 2 aromatic carbocycles. The number of phenolic OH excluding ortho intramolecular Hbond substituents is 1. The fourth-order valence-corrected chi connectivity index (χ4v) is 1.82. The first-order valence-electron chi connectivity index (χ1n) is 5.78. The van der Waals surface area contributed by atoms with Crippen molar-refractivity contribution in [2.45, 2.75) is 6.92 Å². The van der Waals surface area contributed by atoms with Crippen molar-refractivity contribution in [3.8, 4) is 16.9 Å². The van der Waals surface area contributed by atoms with E-state index in [1.54, 1.807) is 19.1 Å². The van der Waals surface area contributed by atoms with Crippen molar-refractivity contribution < 1.29 is 14.6 Å². The Bertz CT molecular complexity index is 547. The third kappa shape index (κ3) is 2.35. The molecule has 0 atom stereocenters. The van der Waals surface area contributed by atoms with Crippen molar-refractivity contribution in [3.63, 3.8) is 0 Å². The van der Waals surface area contributed by atoms with Crippen LogP contribution >= 0.6 is 0 Å². The number of aromatic hydroxyl groups is 1. The first-order valence-corrected chi connectivity index (χ1v) is 5.78. The molecule has 0 radical (unpaired) electrons. The normalized spacial score (nSPS) is 10.1. The molecule has 0 unspecified atom stereocenters. The van der Waals surface area contributed by atoms with E-state index in [9.17, 15) is 9.90 Å². The summed E-state index contributed by atoms with van der Waals surface area (Å²) < 4.78 is 4.97. The largest absolute Gasteiger partial charge is 0.507 e. The van der Waals surface area contributed by atoms with Crippen LogP contribution in [0.2, 0.25) is 0 Å². The van der Waals surface area contributed by atoms with Crippen LogP contribution in [0.1, 0.15) is 17.3 Å². The summed E-state index contributed by atoms with van der Waals surface area (Å²) in [6.07, 6.45) is 0. The second-order valence-electron chi connectivity index (χ2n) is 3.79. The summed E-state index contributed by atoms with van der Waals surface area (Å²) in [6, 6.07) is 14.4. The van der Waals surface area contributed by atoms with Crippen LogP contribution < -0.4 is 0 Å². The molecule has 2 rings (SSSR count). The van der Waals surface area contributed by atoms with E-state index < -0.39 is 5.97 Å². The van der Waals surface area contributed by atoms with Crippen LogP contribution in [0.3, 0.4) is 0 Å². The lowest BCUT2D eigenvalue weighted by atomic mass is 9.99. The maximum Gasteiger partial charge on any atom is 0.342 e. The number of hydrogen-bond acceptors (Lipinski definition) is 3. The van der Waals surface area contributed by atoms with Crippen molar-refractivity contribution in [2.75, 3.05) is 6.61 Å². The summed E-state index contributed by atoms with van der Waals surface area (Å²) in [6.45, 7) is 2.02. The van der Waals surface area contributed by atoms with Crippen LogP contribution in [0.4, 0.5) is 0 Å². The molecule has 1 N–H and O–H groups in total. The molecule has 0 saturated heterocycles. The number of carbonyl (C=O) groups is 1. The van der Waals surface area contributed by atoms with Crippen LogP contribution in [0.25, 0.3) is 11.1 Å². The molecule has 0 amide bonds. The standard InChI is InChI=1S/C15H14O3/c1-2-18-15(17)14-12(9-6-10-13(14)16)11-7-4-3-5-8-11/h3-10,16H,2H2,1H3. The molecule has 0 bridgehead atoms. The van der Waals surface area contributed by atoms with Gasteiger partial charge in [0.1, 0.15) is 11.3 Å². The molecule has 3 heteroatoms. The van der Waals surface area contributed by atoms with Gasteiger partial charge in [-0.1, -0.05) is 42.5 Å². The van der Waals surface area contributed by atoms with Gasteiger partial charge in [0.25, 0.3) is 0 Å². The lowest BCUT2D eigenvalue weighted by Crippen LogP contribution is -2.06. The van der Waals surface area contributed by atoms with Gasteiger partial charge in [-0.3, -0.25) is 0 Å². The van der Waals surface area contributed by atoms with Gasteiger partial charge in [-0.05, 0) is 24.1 Å². The molecule has 3 nitrogen and oxygen atoms in total. The first-order chi connectivity index (χ1) is 8.74. The molecular weight excluding hydrogens is 228 g/mol. The predicted octanol–water partition coefficient (Wildman–Crippen LogP) is 3.24. The van der Waals surface area contributed by atoms with Gasteiger partial charge in [0.15, 0.2) is 0 Å². The smallest absolute Gasteiger partial charge is 0.342 e. The number of phenols is 1. The fourth-order valence-electron chi connectivity index (χ4n) is 1.82. The summed E-state index contributed by atoms with van der Waals surface area (Å²) >= 11 is 0. The van der Waals surface area contributed by atoms with Gasteiger partial charge < -0.3 is 9.84 Å². The minimum Gasteiger partial charge on any atom is -0.507 e. The van der Waals surface area contributed by atoms with E-state index in [-0.39, 0.29) is 17.9 Å². The van der Waals surface area contributed by atoms with Crippen LogP contribution in [-0.2, 0) is 4.74 Å². The van der Waals surface area contributed by atoms with Gasteiger partial charge in [-0.25, -0.2) is 4.79 Å². The monoisotopic (exact) mass is 242 g/mol. The van der Waals surface area contributed by atoms with Crippen LogP contribution in [0, 0.1) is 0 Å². The number of rotatable bonds is 3. The number of esters is 1. The SMILES string of the molecule is CCOC(=O)c1c(O)cccc1-c1ccccc1. The molecule has 0 aromatic heterocycles. The average molecular weight is 242 g/mol. The lowest BCUT2D eigenvalue weighted by Gasteiger charge is -2.10. The Morgan fingerprint density at radius 3 is 2.50 bits per heavy atom. The fraction of sp³-hybridized carbons (Fsp3) is 0.133. The topological polar surface area (TPSA) is 46.5 Å². The van der Waals surface area contributed by atoms with E-state index in [0.29, 0.717) is 5.56 Å². The number of carbonyl (C=O) groups excluding carboxylic acids is 1. The van der Waals surface area contributed by atoms with E-state index in [2.05, 4.69) is 0 Å². The van der Waals surface area contributed by atoms with Crippen LogP contribution in [-0.4, -0.2) is 17.7 Å². The highest BCUT2D eigenvalue weighted by atomic mass is 16.5. The van der Waals surface area contributed by atoms with Gasteiger partial charge in [-0.2, -0.15) is 0 Å². The Labute approximate surface area is 106 Å². The van der Waals surface area contributed by atoms with E-state index in [1.807, 2.05) is 30.3 Å². The van der Waals surface area contributed by atoms with Gasteiger partial charge in [0, 0.05) is 0 Å². The van der Waals surface area contributed by atoms with Crippen molar-refractivity contribution in [2.24, 2.45) is 0 Å². The lowest BCUT2D eigenvalue weighted by molar-refractivity contribution is 0.0524. The van der Waals surface area contributed by atoms with E-state index in [0.717, 1.165) is 5.56 Å². The highest BCUT2D eigenvalue weighted by molar-refractivity contribution is 6.00. The third-order valence-electron chi connectivity index (χ3n) is 2.61. The van der Waals surface area contributed by atoms with E-state index >= 15 is 0 Å². The summed E-state index contributed by atoms with van der Waals surface area (Å²) in [4.78, 5) is 11.9. The number of hydrogen-bond donors (Lipinski definition) is 1. The summed E-state index contributed by atoms with van der Waals surface area (Å²) in [5.41, 5.74) is 1.76. The predicted molar refractivity (Wildman–Crippen MR) is 69.5 cm³/mol. The van der Waals surface area contributed by atoms with E-state index in [1.165, 1.54) is 6.07 Å². The zero-order valence-electron chi connectivity index (χ0n) is 10.1. The molecular formula is C15H14O3. The molecule has 0 aliphatic heterocycles. The van der Waals surface area contributed by atoms with Gasteiger partial charge >= 0.3 is 5.97 Å². The Balaban J connectivity index is 2.55. The molecule has 0 spiro atoms. The van der Waals surface area contributed by atoms with Crippen molar-refractivity contribution in [1.29, 1.82) is 0 Å². The third-order valence-corrected chi connectivity index (χ3v) is 2.61. The van der Waals surface area contributed by atoms with Crippen LogP contribution in [0.5, 0.6) is 5.75 Å². The Morgan fingerprint density at radius 1 is 1.11 bits per heavy atom. The van der Waals surface area contributed by atoms with Gasteiger partial charge in [0.2, 0.25) is 0 Å². The molecule has 18 heavy (non-hydrogen) atoms. The second-order valence-corrected chi connectivity index (χ2v) is 3.79. The maximum absolute atomic E-state index is 11.9. The minimum absolute atomic E-state index is 0.0604. The quantitative estimate of drug-likeness (QED) is 0.840. The molecule has 0 aliphatic carbocycles. The zero-order valence-corrected chi connectivity index (χ0v) is 10.1. The second kappa shape index (κ2) is 5.36. The average Bonchev–Trinajstić information content (AvgIpc) is 2.39.